The highest BCUT2D eigenvalue weighted by molar-refractivity contribution is 8.27. The third-order valence-electron chi connectivity index (χ3n) is 4.83. The Bertz CT molecular complexity index is 1190. The lowest BCUT2D eigenvalue weighted by Crippen LogP contribution is -2.35. The molecule has 4 rings (SSSR count). The summed E-state index contributed by atoms with van der Waals surface area (Å²) in [6.07, 6.45) is 1.58. The van der Waals surface area contributed by atoms with E-state index in [1.165, 1.54) is 16.8 Å². The minimum Gasteiger partial charge on any atom is -0.490 e. The van der Waals surface area contributed by atoms with Crippen LogP contribution >= 0.6 is 23.4 Å². The van der Waals surface area contributed by atoms with Gasteiger partial charge in [0, 0.05) is 5.92 Å². The van der Waals surface area contributed by atoms with Gasteiger partial charge in [0.1, 0.15) is 11.7 Å². The van der Waals surface area contributed by atoms with Gasteiger partial charge in [-0.3, -0.25) is 10.2 Å². The number of carbonyl (C=O) groups excluding carboxylic acids is 1. The zero-order valence-corrected chi connectivity index (χ0v) is 20.0. The molecule has 1 N–H and O–H groups in total. The van der Waals surface area contributed by atoms with Gasteiger partial charge in [-0.2, -0.15) is 15.1 Å². The molecule has 170 valence electrons. The first-order valence-electron chi connectivity index (χ1n) is 10.5. The van der Waals surface area contributed by atoms with Crippen molar-refractivity contribution in [3.63, 3.8) is 0 Å². The molecule has 1 amide bonds. The van der Waals surface area contributed by atoms with Crippen molar-refractivity contribution in [2.75, 3.05) is 6.61 Å². The lowest BCUT2D eigenvalue weighted by molar-refractivity contribution is -0.114. The van der Waals surface area contributed by atoms with Crippen LogP contribution in [0.4, 0.5) is 0 Å². The molecule has 0 saturated carbocycles. The molecule has 2 heterocycles. The Kier molecular flexibility index (Phi) is 6.85. The SMILES string of the molecule is CCOc1cc(/C=C2\C(=N)N3N=C(C(C)C)SC3=NC2=O)cc(Cl)c1OCc1ccccc1. The third kappa shape index (κ3) is 4.96. The van der Waals surface area contributed by atoms with Crippen molar-refractivity contribution in [1.29, 1.82) is 5.41 Å². The zero-order valence-electron chi connectivity index (χ0n) is 18.5. The monoisotopic (exact) mass is 482 g/mol. The van der Waals surface area contributed by atoms with E-state index in [9.17, 15) is 4.79 Å². The van der Waals surface area contributed by atoms with E-state index in [2.05, 4.69) is 10.1 Å². The second-order valence-corrected chi connectivity index (χ2v) is 9.04. The summed E-state index contributed by atoms with van der Waals surface area (Å²) in [5.41, 5.74) is 1.73. The number of nitrogens with one attached hydrogen (secondary N) is 1. The quantitative estimate of drug-likeness (QED) is 0.519. The van der Waals surface area contributed by atoms with Crippen molar-refractivity contribution < 1.29 is 14.3 Å². The molecule has 0 radical (unpaired) electrons. The summed E-state index contributed by atoms with van der Waals surface area (Å²) in [6, 6.07) is 13.2. The number of amides is 1. The first-order chi connectivity index (χ1) is 15.9. The van der Waals surface area contributed by atoms with E-state index in [-0.39, 0.29) is 17.3 Å². The van der Waals surface area contributed by atoms with Crippen LogP contribution in [0.2, 0.25) is 5.02 Å². The number of halogens is 1. The summed E-state index contributed by atoms with van der Waals surface area (Å²) >= 11 is 7.85. The molecule has 0 spiro atoms. The highest BCUT2D eigenvalue weighted by atomic mass is 35.5. The van der Waals surface area contributed by atoms with Gasteiger partial charge in [0.15, 0.2) is 17.3 Å². The van der Waals surface area contributed by atoms with Crippen LogP contribution in [0.15, 0.2) is 58.1 Å². The number of hydrazone groups is 1. The first kappa shape index (κ1) is 23.1. The Morgan fingerprint density at radius 3 is 2.67 bits per heavy atom. The maximum absolute atomic E-state index is 12.7. The van der Waals surface area contributed by atoms with Gasteiger partial charge < -0.3 is 9.47 Å². The Balaban J connectivity index is 1.64. The number of amidine groups is 2. The van der Waals surface area contributed by atoms with Gasteiger partial charge >= 0.3 is 0 Å². The van der Waals surface area contributed by atoms with Gasteiger partial charge in [-0.05, 0) is 48.0 Å². The molecule has 0 unspecified atom stereocenters. The number of benzene rings is 2. The highest BCUT2D eigenvalue weighted by Gasteiger charge is 2.36. The molecular formula is C24H23ClN4O3S. The lowest BCUT2D eigenvalue weighted by atomic mass is 10.1. The smallest absolute Gasteiger partial charge is 0.283 e. The van der Waals surface area contributed by atoms with Gasteiger partial charge in [0.05, 0.1) is 17.2 Å². The Morgan fingerprint density at radius 2 is 1.97 bits per heavy atom. The van der Waals surface area contributed by atoms with Crippen molar-refractivity contribution in [2.24, 2.45) is 16.0 Å². The van der Waals surface area contributed by atoms with E-state index < -0.39 is 5.91 Å². The molecule has 0 saturated heterocycles. The number of aliphatic imine (C=N–C) groups is 1. The largest absolute Gasteiger partial charge is 0.490 e. The summed E-state index contributed by atoms with van der Waals surface area (Å²) in [5.74, 6) is 0.555. The topological polar surface area (TPSA) is 87.3 Å². The van der Waals surface area contributed by atoms with Gasteiger partial charge in [-0.15, -0.1) is 0 Å². The predicted octanol–water partition coefficient (Wildman–Crippen LogP) is 5.59. The van der Waals surface area contributed by atoms with Crippen LogP contribution in [0.5, 0.6) is 11.5 Å². The van der Waals surface area contributed by atoms with E-state index >= 15 is 0 Å². The van der Waals surface area contributed by atoms with Gasteiger partial charge in [-0.25, -0.2) is 0 Å². The van der Waals surface area contributed by atoms with E-state index in [0.717, 1.165) is 10.6 Å². The first-order valence-corrected chi connectivity index (χ1v) is 11.7. The summed E-state index contributed by atoms with van der Waals surface area (Å²) in [6.45, 7) is 6.63. The average Bonchev–Trinajstić information content (AvgIpc) is 3.21. The molecule has 0 fully saturated rings. The maximum atomic E-state index is 12.7. The number of rotatable bonds is 7. The number of thioether (sulfide) groups is 1. The van der Waals surface area contributed by atoms with Gasteiger partial charge in [0.25, 0.3) is 5.91 Å². The summed E-state index contributed by atoms with van der Waals surface area (Å²) in [4.78, 5) is 16.8. The molecule has 33 heavy (non-hydrogen) atoms. The highest BCUT2D eigenvalue weighted by Crippen LogP contribution is 2.38. The Morgan fingerprint density at radius 1 is 1.21 bits per heavy atom. The van der Waals surface area contributed by atoms with Crippen LogP contribution in [-0.2, 0) is 11.4 Å². The van der Waals surface area contributed by atoms with E-state index in [1.807, 2.05) is 51.1 Å². The summed E-state index contributed by atoms with van der Waals surface area (Å²) in [7, 11) is 0. The second kappa shape index (κ2) is 9.80. The second-order valence-electron chi connectivity index (χ2n) is 7.65. The van der Waals surface area contributed by atoms with Crippen molar-refractivity contribution in [3.05, 3.63) is 64.2 Å². The predicted molar refractivity (Wildman–Crippen MR) is 133 cm³/mol. The van der Waals surface area contributed by atoms with E-state index in [0.29, 0.717) is 40.5 Å². The van der Waals surface area contributed by atoms with Gasteiger partial charge in [0.2, 0.25) is 5.17 Å². The number of fused-ring (bicyclic) bond motifs is 1. The standard InChI is InChI=1S/C24H23ClN4O3S/c1-4-31-19-12-16(11-18(25)20(19)32-13-15-8-6-5-7-9-15)10-17-21(26)29-24(27-22(17)30)33-23(28-29)14(2)3/h5-12,14,26H,4,13H2,1-3H3/b17-10+,26-21?. The lowest BCUT2D eigenvalue weighted by Gasteiger charge is -2.20. The maximum Gasteiger partial charge on any atom is 0.283 e. The number of ether oxygens (including phenoxy) is 2. The van der Waals surface area contributed by atoms with E-state index in [1.54, 1.807) is 18.2 Å². The fourth-order valence-electron chi connectivity index (χ4n) is 3.21. The molecule has 2 aromatic carbocycles. The van der Waals surface area contributed by atoms with Crippen LogP contribution in [0.1, 0.15) is 31.9 Å². The van der Waals surface area contributed by atoms with Crippen molar-refractivity contribution in [1.82, 2.24) is 5.01 Å². The molecule has 0 aliphatic carbocycles. The van der Waals surface area contributed by atoms with Crippen LogP contribution in [-0.4, -0.2) is 33.6 Å². The molecule has 0 atom stereocenters. The van der Waals surface area contributed by atoms with E-state index in [4.69, 9.17) is 26.5 Å². The zero-order chi connectivity index (χ0) is 23.5. The average molecular weight is 483 g/mol. The molecular weight excluding hydrogens is 460 g/mol. The normalized spacial score (nSPS) is 16.8. The molecule has 7 nitrogen and oxygen atoms in total. The van der Waals surface area contributed by atoms with Crippen molar-refractivity contribution in [2.45, 2.75) is 27.4 Å². The Hall–Kier alpha value is -3.10. The fourth-order valence-corrected chi connectivity index (χ4v) is 4.38. The minimum atomic E-state index is -0.488. The molecule has 0 bridgehead atoms. The van der Waals surface area contributed by atoms with Crippen LogP contribution in [0, 0.1) is 11.3 Å². The van der Waals surface area contributed by atoms with Crippen LogP contribution in [0.3, 0.4) is 0 Å². The summed E-state index contributed by atoms with van der Waals surface area (Å²) < 4.78 is 11.7. The van der Waals surface area contributed by atoms with Gasteiger partial charge in [-0.1, -0.05) is 55.8 Å². The number of hydrogen-bond donors (Lipinski definition) is 1. The van der Waals surface area contributed by atoms with Crippen LogP contribution in [0.25, 0.3) is 6.08 Å². The van der Waals surface area contributed by atoms with Crippen LogP contribution < -0.4 is 9.47 Å². The minimum absolute atomic E-state index is 0.0216. The number of carbonyl (C=O) groups is 1. The third-order valence-corrected chi connectivity index (χ3v) is 6.32. The molecule has 2 aromatic rings. The molecule has 2 aliphatic rings. The number of nitrogens with zero attached hydrogens (tertiary/aromatic N) is 3. The molecule has 2 aliphatic heterocycles. The Labute approximate surface area is 201 Å². The fraction of sp³-hybridized carbons (Fsp3) is 0.250. The summed E-state index contributed by atoms with van der Waals surface area (Å²) in [5, 5.41) is 15.9. The number of hydrogen-bond acceptors (Lipinski definition) is 6. The molecule has 9 heteroatoms. The van der Waals surface area contributed by atoms with Crippen molar-refractivity contribution in [3.8, 4) is 11.5 Å². The van der Waals surface area contributed by atoms with Crippen molar-refractivity contribution >= 4 is 51.4 Å². The molecule has 0 aromatic heterocycles.